The fourth-order valence-electron chi connectivity index (χ4n) is 1.52. The van der Waals surface area contributed by atoms with E-state index < -0.39 is 17.8 Å². The van der Waals surface area contributed by atoms with Gasteiger partial charge in [-0.1, -0.05) is 0 Å². The van der Waals surface area contributed by atoms with Crippen LogP contribution in [0, 0.1) is 0 Å². The van der Waals surface area contributed by atoms with E-state index in [9.17, 15) is 18.0 Å². The highest BCUT2D eigenvalue weighted by Gasteiger charge is 2.31. The number of hydrogen-bond donors (Lipinski definition) is 2. The summed E-state index contributed by atoms with van der Waals surface area (Å²) in [4.78, 5) is 11.7. The number of nitrogens with one attached hydrogen (secondary N) is 2. The maximum atomic E-state index is 12.5. The third kappa shape index (κ3) is 4.70. The molecule has 0 radical (unpaired) electrons. The van der Waals surface area contributed by atoms with Gasteiger partial charge in [0, 0.05) is 16.2 Å². The van der Waals surface area contributed by atoms with Gasteiger partial charge in [-0.3, -0.25) is 4.79 Å². The van der Waals surface area contributed by atoms with Crippen molar-refractivity contribution in [1.82, 2.24) is 5.32 Å². The van der Waals surface area contributed by atoms with Crippen LogP contribution in [0.5, 0.6) is 0 Å². The Hall–Kier alpha value is -1.24. The molecule has 0 spiro atoms. The number of halogens is 4. The molecular formula is C13H16BrF3N2O. The van der Waals surface area contributed by atoms with Gasteiger partial charge in [-0.05, 0) is 54.9 Å². The zero-order chi connectivity index (χ0) is 15.5. The van der Waals surface area contributed by atoms with E-state index in [4.69, 9.17) is 0 Å². The minimum Gasteiger partial charge on any atom is -0.373 e. The Balaban J connectivity index is 2.81. The second-order valence-corrected chi connectivity index (χ2v) is 5.58. The van der Waals surface area contributed by atoms with Crippen molar-refractivity contribution in [3.8, 4) is 0 Å². The molecule has 7 heteroatoms. The molecule has 0 aromatic heterocycles. The van der Waals surface area contributed by atoms with Crippen LogP contribution in [-0.2, 0) is 11.0 Å². The number of amides is 1. The fraction of sp³-hybridized carbons (Fsp3) is 0.462. The molecule has 0 aliphatic heterocycles. The highest BCUT2D eigenvalue weighted by Crippen LogP contribution is 2.34. The van der Waals surface area contributed by atoms with Crippen molar-refractivity contribution in [3.05, 3.63) is 28.2 Å². The number of anilines is 1. The molecule has 0 fully saturated rings. The van der Waals surface area contributed by atoms with E-state index in [2.05, 4.69) is 26.6 Å². The molecule has 1 atom stereocenters. The molecule has 1 unspecified atom stereocenters. The topological polar surface area (TPSA) is 41.1 Å². The van der Waals surface area contributed by atoms with Crippen LogP contribution in [0.25, 0.3) is 0 Å². The third-order valence-electron chi connectivity index (χ3n) is 2.49. The molecule has 1 aromatic carbocycles. The quantitative estimate of drug-likeness (QED) is 0.865. The van der Waals surface area contributed by atoms with E-state index in [1.165, 1.54) is 6.07 Å². The van der Waals surface area contributed by atoms with E-state index in [0.717, 1.165) is 12.1 Å². The zero-order valence-electron chi connectivity index (χ0n) is 11.3. The smallest absolute Gasteiger partial charge is 0.373 e. The second-order valence-electron chi connectivity index (χ2n) is 4.72. The number of carbonyl (C=O) groups excluding carboxylic acids is 1. The lowest BCUT2D eigenvalue weighted by atomic mass is 10.2. The molecule has 0 heterocycles. The molecule has 0 bridgehead atoms. The van der Waals surface area contributed by atoms with Gasteiger partial charge in [0.25, 0.3) is 0 Å². The van der Waals surface area contributed by atoms with Gasteiger partial charge in [-0.15, -0.1) is 0 Å². The number of rotatable bonds is 4. The van der Waals surface area contributed by atoms with Crippen molar-refractivity contribution < 1.29 is 18.0 Å². The summed E-state index contributed by atoms with van der Waals surface area (Å²) >= 11 is 3.07. The highest BCUT2D eigenvalue weighted by atomic mass is 79.9. The molecule has 0 aliphatic carbocycles. The summed E-state index contributed by atoms with van der Waals surface area (Å²) in [6.07, 6.45) is -4.39. The number of carbonyl (C=O) groups is 1. The minimum atomic E-state index is -4.39. The van der Waals surface area contributed by atoms with E-state index in [-0.39, 0.29) is 16.4 Å². The fourth-order valence-corrected chi connectivity index (χ4v) is 2.01. The van der Waals surface area contributed by atoms with Crippen LogP contribution in [-0.4, -0.2) is 18.0 Å². The number of hydrogen-bond acceptors (Lipinski definition) is 2. The summed E-state index contributed by atoms with van der Waals surface area (Å²) in [7, 11) is 0. The first kappa shape index (κ1) is 16.8. The van der Waals surface area contributed by atoms with Crippen LogP contribution >= 0.6 is 15.9 Å². The molecule has 1 amide bonds. The van der Waals surface area contributed by atoms with E-state index in [1.54, 1.807) is 6.92 Å². The Morgan fingerprint density at radius 3 is 2.30 bits per heavy atom. The van der Waals surface area contributed by atoms with Crippen LogP contribution in [0.15, 0.2) is 22.7 Å². The summed E-state index contributed by atoms with van der Waals surface area (Å²) in [5, 5.41) is 5.59. The summed E-state index contributed by atoms with van der Waals surface area (Å²) in [5.41, 5.74) is -0.307. The van der Waals surface area contributed by atoms with Crippen LogP contribution in [0.4, 0.5) is 18.9 Å². The second kappa shape index (κ2) is 6.47. The summed E-state index contributed by atoms with van der Waals surface area (Å²) < 4.78 is 37.8. The molecule has 1 rings (SSSR count). The third-order valence-corrected chi connectivity index (χ3v) is 3.15. The Labute approximate surface area is 124 Å². The summed E-state index contributed by atoms with van der Waals surface area (Å²) in [6.45, 7) is 5.30. The van der Waals surface area contributed by atoms with Crippen molar-refractivity contribution in [3.63, 3.8) is 0 Å². The van der Waals surface area contributed by atoms with Gasteiger partial charge >= 0.3 is 6.18 Å². The lowest BCUT2D eigenvalue weighted by Gasteiger charge is -2.18. The molecule has 3 nitrogen and oxygen atoms in total. The van der Waals surface area contributed by atoms with Crippen molar-refractivity contribution >= 4 is 27.5 Å². The zero-order valence-corrected chi connectivity index (χ0v) is 12.9. The van der Waals surface area contributed by atoms with Gasteiger partial charge in [0.05, 0.1) is 5.56 Å². The van der Waals surface area contributed by atoms with Gasteiger partial charge in [0.1, 0.15) is 6.04 Å². The van der Waals surface area contributed by atoms with Gasteiger partial charge in [-0.25, -0.2) is 0 Å². The lowest BCUT2D eigenvalue weighted by Crippen LogP contribution is -2.41. The molecule has 0 saturated carbocycles. The van der Waals surface area contributed by atoms with Crippen molar-refractivity contribution in [2.24, 2.45) is 0 Å². The van der Waals surface area contributed by atoms with Crippen molar-refractivity contribution in [2.75, 3.05) is 5.32 Å². The number of benzene rings is 1. The monoisotopic (exact) mass is 352 g/mol. The predicted molar refractivity (Wildman–Crippen MR) is 75.5 cm³/mol. The van der Waals surface area contributed by atoms with Gasteiger partial charge in [-0.2, -0.15) is 13.2 Å². The molecule has 20 heavy (non-hydrogen) atoms. The molecular weight excluding hydrogens is 337 g/mol. The van der Waals surface area contributed by atoms with Crippen LogP contribution in [0.3, 0.4) is 0 Å². The van der Waals surface area contributed by atoms with Crippen LogP contribution in [0.2, 0.25) is 0 Å². The van der Waals surface area contributed by atoms with E-state index in [1.807, 2.05) is 13.8 Å². The summed E-state index contributed by atoms with van der Waals surface area (Å²) in [5.74, 6) is -0.216. The maximum Gasteiger partial charge on any atom is 0.416 e. The minimum absolute atomic E-state index is 0.00259. The Morgan fingerprint density at radius 1 is 1.25 bits per heavy atom. The van der Waals surface area contributed by atoms with Gasteiger partial charge < -0.3 is 10.6 Å². The SMILES string of the molecule is CC(C)NC(=O)C(C)Nc1ccc(C(F)(F)F)cc1Br. The standard InChI is InChI=1S/C13H16BrF3N2O/c1-7(2)18-12(20)8(3)19-11-5-4-9(6-10(11)14)13(15,16)17/h4-8,19H,1-3H3,(H,18,20). The molecule has 0 aliphatic rings. The average Bonchev–Trinajstić information content (AvgIpc) is 2.29. The molecule has 0 saturated heterocycles. The van der Waals surface area contributed by atoms with Gasteiger partial charge in [0.2, 0.25) is 5.91 Å². The Bertz CT molecular complexity index is 489. The maximum absolute atomic E-state index is 12.5. The first-order valence-electron chi connectivity index (χ1n) is 6.05. The van der Waals surface area contributed by atoms with Crippen LogP contribution in [0.1, 0.15) is 26.3 Å². The van der Waals surface area contributed by atoms with Crippen LogP contribution < -0.4 is 10.6 Å². The van der Waals surface area contributed by atoms with E-state index in [0.29, 0.717) is 5.69 Å². The largest absolute Gasteiger partial charge is 0.416 e. The normalized spacial score (nSPS) is 13.2. The lowest BCUT2D eigenvalue weighted by molar-refractivity contribution is -0.137. The van der Waals surface area contributed by atoms with Crippen molar-refractivity contribution in [2.45, 2.75) is 39.0 Å². The Morgan fingerprint density at radius 2 is 1.85 bits per heavy atom. The summed E-state index contributed by atoms with van der Waals surface area (Å²) in [6, 6.07) is 2.70. The predicted octanol–water partition coefficient (Wildman–Crippen LogP) is 3.79. The number of alkyl halides is 3. The Kier molecular flexibility index (Phi) is 5.44. The highest BCUT2D eigenvalue weighted by molar-refractivity contribution is 9.10. The first-order valence-corrected chi connectivity index (χ1v) is 6.84. The van der Waals surface area contributed by atoms with Gasteiger partial charge in [0.15, 0.2) is 0 Å². The van der Waals surface area contributed by atoms with E-state index >= 15 is 0 Å². The molecule has 112 valence electrons. The van der Waals surface area contributed by atoms with Crippen molar-refractivity contribution in [1.29, 1.82) is 0 Å². The first-order chi connectivity index (χ1) is 9.11. The molecule has 2 N–H and O–H groups in total. The molecule has 1 aromatic rings. The average molecular weight is 353 g/mol.